The average molecular weight is 542 g/mol. The van der Waals surface area contributed by atoms with E-state index in [0.29, 0.717) is 22.6 Å². The van der Waals surface area contributed by atoms with Crippen molar-refractivity contribution in [3.63, 3.8) is 0 Å². The topological polar surface area (TPSA) is 123 Å². The number of nitrogens with zero attached hydrogens (tertiary/aromatic N) is 6. The number of carbonyl (C=O) groups is 1. The molecule has 0 unspecified atom stereocenters. The van der Waals surface area contributed by atoms with Crippen molar-refractivity contribution in [3.05, 3.63) is 52.8 Å². The number of amides is 1. The molecule has 1 aliphatic heterocycles. The lowest BCUT2D eigenvalue weighted by atomic mass is 9.97. The molecule has 1 aromatic carbocycles. The number of hydrogen-bond donors (Lipinski definition) is 1. The second-order valence-electron chi connectivity index (χ2n) is 8.77. The van der Waals surface area contributed by atoms with E-state index in [-0.39, 0.29) is 36.9 Å². The minimum atomic E-state index is -4.61. The molecule has 3 heterocycles. The molecule has 0 radical (unpaired) electrons. The van der Waals surface area contributed by atoms with Gasteiger partial charge in [0.05, 0.1) is 23.8 Å². The standard InChI is InChI=1S/C22H23F4N7O3S/c1-13(2)33-20(29-30-31-33)18-4-3-5-19(27-18)28-21(34)16-10-15-12-32(8-6-14(15)11-17(16)23)37(35,36)9-7-22(24,25)26/h3-5,10-11,13H,6-9,12H2,1-2H3,(H,27,28,34). The van der Waals surface area contributed by atoms with Gasteiger partial charge in [-0.3, -0.25) is 4.79 Å². The van der Waals surface area contributed by atoms with Crippen LogP contribution < -0.4 is 5.32 Å². The van der Waals surface area contributed by atoms with Crippen molar-refractivity contribution in [2.24, 2.45) is 0 Å². The van der Waals surface area contributed by atoms with E-state index in [9.17, 15) is 30.8 Å². The fraction of sp³-hybridized carbons (Fsp3) is 0.409. The first kappa shape index (κ1) is 26.6. The van der Waals surface area contributed by atoms with Crippen LogP contribution in [0.1, 0.15) is 47.8 Å². The SMILES string of the molecule is CC(C)n1nnnc1-c1cccc(NC(=O)c2cc3c(cc2F)CCN(S(=O)(=O)CCC(F)(F)F)C3)n1. The number of aromatic nitrogens is 5. The number of fused-ring (bicyclic) bond motifs is 1. The van der Waals surface area contributed by atoms with Crippen LogP contribution in [-0.4, -0.2) is 62.3 Å². The molecule has 3 aromatic rings. The Labute approximate surface area is 209 Å². The van der Waals surface area contributed by atoms with E-state index < -0.39 is 40.1 Å². The Kier molecular flexibility index (Phi) is 7.28. The second-order valence-corrected chi connectivity index (χ2v) is 10.9. The fourth-order valence-electron chi connectivity index (χ4n) is 3.86. The van der Waals surface area contributed by atoms with Gasteiger partial charge in [-0.25, -0.2) is 22.5 Å². The molecular weight excluding hydrogens is 518 g/mol. The van der Waals surface area contributed by atoms with Gasteiger partial charge >= 0.3 is 6.18 Å². The smallest absolute Gasteiger partial charge is 0.306 e. The number of anilines is 1. The first-order valence-electron chi connectivity index (χ1n) is 11.3. The van der Waals surface area contributed by atoms with Crippen molar-refractivity contribution in [2.75, 3.05) is 17.6 Å². The number of pyridine rings is 1. The quantitative estimate of drug-likeness (QED) is 0.455. The van der Waals surface area contributed by atoms with Gasteiger partial charge in [-0.05, 0) is 66.1 Å². The summed E-state index contributed by atoms with van der Waals surface area (Å²) in [5, 5.41) is 14.0. The Morgan fingerprint density at radius 3 is 2.65 bits per heavy atom. The largest absolute Gasteiger partial charge is 0.390 e. The molecule has 1 amide bonds. The van der Waals surface area contributed by atoms with E-state index in [4.69, 9.17) is 0 Å². The normalized spacial score (nSPS) is 14.6. The van der Waals surface area contributed by atoms with Gasteiger partial charge in [-0.15, -0.1) is 5.10 Å². The van der Waals surface area contributed by atoms with Gasteiger partial charge in [0.1, 0.15) is 17.3 Å². The highest BCUT2D eigenvalue weighted by atomic mass is 32.2. The summed E-state index contributed by atoms with van der Waals surface area (Å²) in [4.78, 5) is 17.2. The van der Waals surface area contributed by atoms with Gasteiger partial charge < -0.3 is 5.32 Å². The lowest BCUT2D eigenvalue weighted by molar-refractivity contribution is -0.130. The Morgan fingerprint density at radius 2 is 1.95 bits per heavy atom. The number of tetrazole rings is 1. The van der Waals surface area contributed by atoms with Crippen LogP contribution in [0.25, 0.3) is 11.5 Å². The van der Waals surface area contributed by atoms with Crippen LogP contribution in [0.15, 0.2) is 30.3 Å². The first-order valence-corrected chi connectivity index (χ1v) is 12.9. The third-order valence-electron chi connectivity index (χ3n) is 5.75. The number of benzene rings is 1. The predicted octanol–water partition coefficient (Wildman–Crippen LogP) is 3.35. The molecule has 0 saturated heterocycles. The molecule has 0 bridgehead atoms. The van der Waals surface area contributed by atoms with Crippen LogP contribution in [0.4, 0.5) is 23.4 Å². The molecule has 1 aliphatic rings. The van der Waals surface area contributed by atoms with Gasteiger partial charge in [0.25, 0.3) is 5.91 Å². The summed E-state index contributed by atoms with van der Waals surface area (Å²) in [5.41, 5.74) is 0.845. The van der Waals surface area contributed by atoms with Crippen molar-refractivity contribution >= 4 is 21.7 Å². The molecule has 0 saturated carbocycles. The highest BCUT2D eigenvalue weighted by molar-refractivity contribution is 7.89. The molecule has 0 spiro atoms. The molecule has 0 atom stereocenters. The zero-order valence-corrected chi connectivity index (χ0v) is 20.6. The molecule has 0 aliphatic carbocycles. The summed E-state index contributed by atoms with van der Waals surface area (Å²) < 4.78 is 79.7. The average Bonchev–Trinajstić information content (AvgIpc) is 3.32. The molecule has 198 valence electrons. The summed E-state index contributed by atoms with van der Waals surface area (Å²) in [7, 11) is -4.20. The molecular formula is C22H23F4N7O3S. The van der Waals surface area contributed by atoms with Gasteiger partial charge in [0.15, 0.2) is 0 Å². The monoisotopic (exact) mass is 541 g/mol. The predicted molar refractivity (Wildman–Crippen MR) is 124 cm³/mol. The zero-order valence-electron chi connectivity index (χ0n) is 19.8. The van der Waals surface area contributed by atoms with Crippen molar-refractivity contribution in [1.82, 2.24) is 29.5 Å². The van der Waals surface area contributed by atoms with E-state index in [1.54, 1.807) is 16.8 Å². The number of carbonyl (C=O) groups excluding carboxylic acids is 1. The van der Waals surface area contributed by atoms with Crippen molar-refractivity contribution in [2.45, 2.75) is 45.5 Å². The molecule has 1 N–H and O–H groups in total. The first-order chi connectivity index (χ1) is 17.3. The summed E-state index contributed by atoms with van der Waals surface area (Å²) in [6.07, 6.45) is -5.97. The van der Waals surface area contributed by atoms with Crippen LogP contribution in [0.3, 0.4) is 0 Å². The molecule has 15 heteroatoms. The summed E-state index contributed by atoms with van der Waals surface area (Å²) in [5.74, 6) is -2.25. The van der Waals surface area contributed by atoms with Crippen LogP contribution in [0.2, 0.25) is 0 Å². The molecule has 4 rings (SSSR count). The third kappa shape index (κ3) is 6.10. The second kappa shape index (κ2) is 10.1. The third-order valence-corrected chi connectivity index (χ3v) is 7.57. The minimum absolute atomic E-state index is 0.0496. The lowest BCUT2D eigenvalue weighted by Crippen LogP contribution is -2.38. The van der Waals surface area contributed by atoms with Crippen LogP contribution in [0.5, 0.6) is 0 Å². The van der Waals surface area contributed by atoms with Crippen molar-refractivity contribution < 1.29 is 30.8 Å². The summed E-state index contributed by atoms with van der Waals surface area (Å²) in [6, 6.07) is 7.07. The maximum absolute atomic E-state index is 14.8. The van der Waals surface area contributed by atoms with E-state index >= 15 is 0 Å². The number of hydrogen-bond acceptors (Lipinski definition) is 7. The number of nitrogens with one attached hydrogen (secondary N) is 1. The van der Waals surface area contributed by atoms with Gasteiger partial charge in [0, 0.05) is 13.1 Å². The summed E-state index contributed by atoms with van der Waals surface area (Å²) >= 11 is 0. The molecule has 37 heavy (non-hydrogen) atoms. The number of halogens is 4. The lowest BCUT2D eigenvalue weighted by Gasteiger charge is -2.28. The van der Waals surface area contributed by atoms with E-state index in [1.807, 2.05) is 13.8 Å². The minimum Gasteiger partial charge on any atom is -0.306 e. The van der Waals surface area contributed by atoms with E-state index in [0.717, 1.165) is 10.4 Å². The Balaban J connectivity index is 1.53. The van der Waals surface area contributed by atoms with Crippen molar-refractivity contribution in [3.8, 4) is 11.5 Å². The molecule has 0 fully saturated rings. The maximum Gasteiger partial charge on any atom is 0.390 e. The molecule has 10 nitrogen and oxygen atoms in total. The Hall–Kier alpha value is -3.46. The van der Waals surface area contributed by atoms with Crippen LogP contribution in [0, 0.1) is 5.82 Å². The van der Waals surface area contributed by atoms with E-state index in [1.165, 1.54) is 12.1 Å². The highest BCUT2D eigenvalue weighted by Crippen LogP contribution is 2.27. The maximum atomic E-state index is 14.8. The van der Waals surface area contributed by atoms with Gasteiger partial charge in [0.2, 0.25) is 15.8 Å². The Morgan fingerprint density at radius 1 is 1.19 bits per heavy atom. The fourth-order valence-corrected chi connectivity index (χ4v) is 5.31. The highest BCUT2D eigenvalue weighted by Gasteiger charge is 2.34. The number of alkyl halides is 3. The van der Waals surface area contributed by atoms with E-state index in [2.05, 4.69) is 25.8 Å². The summed E-state index contributed by atoms with van der Waals surface area (Å²) in [6.45, 7) is 3.42. The number of rotatable bonds is 7. The molecule has 2 aromatic heterocycles. The van der Waals surface area contributed by atoms with Crippen LogP contribution in [-0.2, 0) is 23.0 Å². The van der Waals surface area contributed by atoms with Crippen LogP contribution >= 0.6 is 0 Å². The zero-order chi connectivity index (χ0) is 27.0. The van der Waals surface area contributed by atoms with Gasteiger partial charge in [-0.1, -0.05) is 6.07 Å². The van der Waals surface area contributed by atoms with Crippen molar-refractivity contribution in [1.29, 1.82) is 0 Å². The van der Waals surface area contributed by atoms with Gasteiger partial charge in [-0.2, -0.15) is 17.5 Å². The Bertz CT molecular complexity index is 1420. The number of sulfonamides is 1.